The van der Waals surface area contributed by atoms with Gasteiger partial charge in [0.15, 0.2) is 5.78 Å². The molecule has 0 atom stereocenters. The largest absolute Gasteiger partial charge is 0.506 e. The molecule has 1 N–H and O–H groups in total. The highest BCUT2D eigenvalue weighted by atomic mass is 35.5. The van der Waals surface area contributed by atoms with Gasteiger partial charge in [-0.05, 0) is 42.5 Å². The quantitative estimate of drug-likeness (QED) is 0.838. The van der Waals surface area contributed by atoms with Crippen LogP contribution >= 0.6 is 35.0 Å². The number of carbonyl (C=O) groups is 2. The number of Topliss-reactive ketones (excluding diaryl/α,β-unsaturated/α-hetero) is 1. The fourth-order valence-electron chi connectivity index (χ4n) is 1.59. The van der Waals surface area contributed by atoms with E-state index >= 15 is 0 Å². The predicted octanol–water partition coefficient (Wildman–Crippen LogP) is 4.01. The van der Waals surface area contributed by atoms with E-state index in [0.717, 1.165) is 11.8 Å². The maximum Gasteiger partial charge on any atom is 0.231 e. The average molecular weight is 315 g/mol. The van der Waals surface area contributed by atoms with E-state index in [1.807, 2.05) is 0 Å². The summed E-state index contributed by atoms with van der Waals surface area (Å²) in [7, 11) is 0. The molecule has 0 spiro atoms. The molecule has 0 aromatic heterocycles. The predicted molar refractivity (Wildman–Crippen MR) is 77.4 cm³/mol. The molecule has 0 radical (unpaired) electrons. The van der Waals surface area contributed by atoms with Gasteiger partial charge in [-0.3, -0.25) is 9.59 Å². The first-order valence-electron chi connectivity index (χ1n) is 5.23. The number of aliphatic hydroxyl groups is 1. The Bertz CT molecular complexity index is 647. The first kappa shape index (κ1) is 14.2. The van der Waals surface area contributed by atoms with E-state index in [-0.39, 0.29) is 11.3 Å². The van der Waals surface area contributed by atoms with E-state index in [9.17, 15) is 14.7 Å². The second-order valence-corrected chi connectivity index (χ2v) is 5.70. The molecule has 0 saturated heterocycles. The number of carbonyl (C=O) groups excluding carboxylic acids is 2. The van der Waals surface area contributed by atoms with Gasteiger partial charge in [0.25, 0.3) is 0 Å². The minimum Gasteiger partial charge on any atom is -0.506 e. The van der Waals surface area contributed by atoms with E-state index in [1.54, 1.807) is 24.3 Å². The van der Waals surface area contributed by atoms with Crippen molar-refractivity contribution < 1.29 is 14.7 Å². The third kappa shape index (κ3) is 2.86. The van der Waals surface area contributed by atoms with Crippen molar-refractivity contribution in [2.75, 3.05) is 0 Å². The Morgan fingerprint density at radius 3 is 2.58 bits per heavy atom. The van der Waals surface area contributed by atoms with Gasteiger partial charge in [0.05, 0.1) is 4.91 Å². The van der Waals surface area contributed by atoms with Crippen LogP contribution in [0, 0.1) is 0 Å². The van der Waals surface area contributed by atoms with Crippen molar-refractivity contribution in [2.45, 2.75) is 6.92 Å². The van der Waals surface area contributed by atoms with E-state index in [0.29, 0.717) is 20.5 Å². The van der Waals surface area contributed by atoms with E-state index in [4.69, 9.17) is 23.2 Å². The standard InChI is InChI=1S/C13H8Cl2O3S/c1-6(16)11-12(17)10(19-13(11)18)4-7-2-3-8(14)5-9(7)15/h2-5,17H,1H3/b10-4-. The van der Waals surface area contributed by atoms with E-state index in [2.05, 4.69) is 0 Å². The number of benzene rings is 1. The Kier molecular flexibility index (Phi) is 4.04. The second kappa shape index (κ2) is 5.41. The molecule has 0 fully saturated rings. The summed E-state index contributed by atoms with van der Waals surface area (Å²) in [4.78, 5) is 23.2. The number of ketones is 1. The third-order valence-electron chi connectivity index (χ3n) is 2.48. The SMILES string of the molecule is CC(=O)C1=C(O)/C(=C/c2ccc(Cl)cc2Cl)SC1=O. The van der Waals surface area contributed by atoms with Crippen LogP contribution in [-0.4, -0.2) is 16.0 Å². The van der Waals surface area contributed by atoms with Crippen LogP contribution in [0.4, 0.5) is 0 Å². The highest BCUT2D eigenvalue weighted by Crippen LogP contribution is 2.38. The summed E-state index contributed by atoms with van der Waals surface area (Å²) in [6.07, 6.45) is 1.55. The maximum atomic E-state index is 11.6. The average Bonchev–Trinajstić information content (AvgIpc) is 2.58. The van der Waals surface area contributed by atoms with Gasteiger partial charge in [-0.25, -0.2) is 0 Å². The van der Waals surface area contributed by atoms with Crippen LogP contribution in [0.3, 0.4) is 0 Å². The smallest absolute Gasteiger partial charge is 0.231 e. The molecule has 1 aromatic carbocycles. The molecule has 1 aliphatic heterocycles. The molecule has 0 unspecified atom stereocenters. The Morgan fingerprint density at radius 1 is 1.37 bits per heavy atom. The number of aliphatic hydroxyl groups excluding tert-OH is 1. The Balaban J connectivity index is 2.46. The van der Waals surface area contributed by atoms with Crippen LogP contribution in [0.2, 0.25) is 10.0 Å². The summed E-state index contributed by atoms with van der Waals surface area (Å²) in [5.74, 6) is -0.755. The van der Waals surface area contributed by atoms with Crippen LogP contribution in [-0.2, 0) is 9.59 Å². The molecule has 3 nitrogen and oxygen atoms in total. The molecule has 98 valence electrons. The number of halogens is 2. The Hall–Kier alpha value is -1.23. The van der Waals surface area contributed by atoms with Gasteiger partial charge in [-0.15, -0.1) is 0 Å². The number of hydrogen-bond acceptors (Lipinski definition) is 4. The molecule has 0 bridgehead atoms. The second-order valence-electron chi connectivity index (χ2n) is 3.84. The molecule has 0 saturated carbocycles. The summed E-state index contributed by atoms with van der Waals surface area (Å²) in [5, 5.41) is 10.3. The monoisotopic (exact) mass is 314 g/mol. The molecule has 1 heterocycles. The first-order chi connectivity index (χ1) is 8.90. The van der Waals surface area contributed by atoms with Crippen LogP contribution in [0.5, 0.6) is 0 Å². The van der Waals surface area contributed by atoms with Crippen molar-refractivity contribution in [2.24, 2.45) is 0 Å². The summed E-state index contributed by atoms with van der Waals surface area (Å²) >= 11 is 12.6. The third-order valence-corrected chi connectivity index (χ3v) is 3.96. The van der Waals surface area contributed by atoms with Gasteiger partial charge >= 0.3 is 0 Å². The van der Waals surface area contributed by atoms with Crippen LogP contribution in [0.25, 0.3) is 6.08 Å². The zero-order chi connectivity index (χ0) is 14.2. The van der Waals surface area contributed by atoms with Crippen molar-refractivity contribution in [3.8, 4) is 0 Å². The molecular weight excluding hydrogens is 307 g/mol. The van der Waals surface area contributed by atoms with Gasteiger partial charge in [-0.2, -0.15) is 0 Å². The van der Waals surface area contributed by atoms with Crippen LogP contribution < -0.4 is 0 Å². The van der Waals surface area contributed by atoms with Gasteiger partial charge < -0.3 is 5.11 Å². The van der Waals surface area contributed by atoms with Gasteiger partial charge in [0.2, 0.25) is 5.12 Å². The lowest BCUT2D eigenvalue weighted by molar-refractivity contribution is -0.116. The lowest BCUT2D eigenvalue weighted by Crippen LogP contribution is -2.03. The van der Waals surface area contributed by atoms with Crippen molar-refractivity contribution >= 4 is 51.9 Å². The number of hydrogen-bond donors (Lipinski definition) is 1. The summed E-state index contributed by atoms with van der Waals surface area (Å²) in [6.45, 7) is 1.24. The molecule has 1 aromatic rings. The summed E-state index contributed by atoms with van der Waals surface area (Å²) < 4.78 is 0. The molecule has 1 aliphatic rings. The van der Waals surface area contributed by atoms with Gasteiger partial charge in [-0.1, -0.05) is 29.3 Å². The lowest BCUT2D eigenvalue weighted by atomic mass is 10.1. The zero-order valence-corrected chi connectivity index (χ0v) is 12.1. The van der Waals surface area contributed by atoms with Crippen molar-refractivity contribution in [1.29, 1.82) is 0 Å². The molecule has 6 heteroatoms. The van der Waals surface area contributed by atoms with Crippen LogP contribution in [0.1, 0.15) is 12.5 Å². The fraction of sp³-hybridized carbons (Fsp3) is 0.0769. The number of thioether (sulfide) groups is 1. The highest BCUT2D eigenvalue weighted by molar-refractivity contribution is 8.18. The molecule has 0 aliphatic carbocycles. The molecule has 0 amide bonds. The zero-order valence-electron chi connectivity index (χ0n) is 9.74. The topological polar surface area (TPSA) is 54.4 Å². The Morgan fingerprint density at radius 2 is 2.05 bits per heavy atom. The minimum absolute atomic E-state index is 0.179. The fourth-order valence-corrected chi connectivity index (χ4v) is 2.98. The van der Waals surface area contributed by atoms with E-state index < -0.39 is 10.9 Å². The summed E-state index contributed by atoms with van der Waals surface area (Å²) in [6, 6.07) is 4.87. The normalized spacial score (nSPS) is 17.4. The van der Waals surface area contributed by atoms with Gasteiger partial charge in [0, 0.05) is 10.0 Å². The molecule has 19 heavy (non-hydrogen) atoms. The summed E-state index contributed by atoms with van der Waals surface area (Å²) in [5.41, 5.74) is 0.430. The van der Waals surface area contributed by atoms with Crippen molar-refractivity contribution in [3.63, 3.8) is 0 Å². The lowest BCUT2D eigenvalue weighted by Gasteiger charge is -2.01. The maximum absolute atomic E-state index is 11.6. The van der Waals surface area contributed by atoms with Crippen molar-refractivity contribution in [1.82, 2.24) is 0 Å². The van der Waals surface area contributed by atoms with E-state index in [1.165, 1.54) is 6.92 Å². The number of rotatable bonds is 2. The van der Waals surface area contributed by atoms with Gasteiger partial charge in [0.1, 0.15) is 11.3 Å². The van der Waals surface area contributed by atoms with Crippen LogP contribution in [0.15, 0.2) is 34.4 Å². The van der Waals surface area contributed by atoms with Crippen molar-refractivity contribution in [3.05, 3.63) is 50.0 Å². The highest BCUT2D eigenvalue weighted by Gasteiger charge is 2.31. The molecular formula is C13H8Cl2O3S. The molecule has 2 rings (SSSR count). The first-order valence-corrected chi connectivity index (χ1v) is 6.81. The minimum atomic E-state index is -0.458. The Labute approximate surface area is 123 Å².